The van der Waals surface area contributed by atoms with Crippen molar-refractivity contribution in [2.45, 2.75) is 16.4 Å². The van der Waals surface area contributed by atoms with E-state index in [1.54, 1.807) is 29.2 Å². The maximum absolute atomic E-state index is 13.9. The van der Waals surface area contributed by atoms with E-state index < -0.39 is 0 Å². The van der Waals surface area contributed by atoms with Crippen LogP contribution in [0.15, 0.2) is 58.3 Å². The number of halogens is 1. The molecule has 2 nitrogen and oxygen atoms in total. The van der Waals surface area contributed by atoms with Gasteiger partial charge < -0.3 is 9.64 Å². The molecule has 0 fully saturated rings. The summed E-state index contributed by atoms with van der Waals surface area (Å²) in [6, 6.07) is 15.7. The zero-order valence-corrected chi connectivity index (χ0v) is 16.4. The molecule has 5 heteroatoms. The number of benzene rings is 2. The summed E-state index contributed by atoms with van der Waals surface area (Å²) in [6.07, 6.45) is 0. The van der Waals surface area contributed by atoms with Gasteiger partial charge in [-0.25, -0.2) is 4.39 Å². The van der Waals surface area contributed by atoms with Gasteiger partial charge in [-0.15, -0.1) is 11.3 Å². The summed E-state index contributed by atoms with van der Waals surface area (Å²) in [5.74, 6) is -0.196. The fourth-order valence-corrected chi connectivity index (χ4v) is 5.28. The molecule has 1 aliphatic heterocycles. The van der Waals surface area contributed by atoms with Crippen molar-refractivity contribution in [2.24, 2.45) is 0 Å². The van der Waals surface area contributed by atoms with Crippen molar-refractivity contribution in [1.29, 1.82) is 0 Å². The first-order valence-electron chi connectivity index (χ1n) is 8.54. The summed E-state index contributed by atoms with van der Waals surface area (Å²) in [7, 11) is 4.08. The second kappa shape index (κ2) is 7.53. The van der Waals surface area contributed by atoms with E-state index in [2.05, 4.69) is 35.2 Å². The summed E-state index contributed by atoms with van der Waals surface area (Å²) in [5.41, 5.74) is 3.36. The highest BCUT2D eigenvalue weighted by Gasteiger charge is 2.22. The van der Waals surface area contributed by atoms with Gasteiger partial charge in [-0.05, 0) is 50.0 Å². The highest BCUT2D eigenvalue weighted by molar-refractivity contribution is 7.99. The number of nitrogens with zero attached hydrogens (tertiary/aromatic N) is 1. The standard InChI is InChI=1S/C21H20FNOS2/c1-23(2)9-10-24-13-15-12-17-16-5-3-4-6-19(16)26-20-8-7-14(22)11-18(20)21(17)25-15/h3-8,11-12H,9-10,13H2,1-2H3. The minimum absolute atomic E-state index is 0.196. The molecule has 0 N–H and O–H groups in total. The summed E-state index contributed by atoms with van der Waals surface area (Å²) in [4.78, 5) is 6.71. The second-order valence-electron chi connectivity index (χ2n) is 6.55. The van der Waals surface area contributed by atoms with Gasteiger partial charge in [0.2, 0.25) is 0 Å². The van der Waals surface area contributed by atoms with Crippen LogP contribution in [0.25, 0.3) is 21.6 Å². The number of hydrogen-bond donors (Lipinski definition) is 0. The molecule has 0 unspecified atom stereocenters. The first kappa shape index (κ1) is 17.7. The van der Waals surface area contributed by atoms with Crippen LogP contribution < -0.4 is 0 Å². The number of hydrogen-bond acceptors (Lipinski definition) is 4. The molecule has 0 saturated heterocycles. The Morgan fingerprint density at radius 3 is 2.62 bits per heavy atom. The highest BCUT2D eigenvalue weighted by atomic mass is 32.2. The molecule has 3 aromatic rings. The molecule has 2 aromatic carbocycles. The van der Waals surface area contributed by atoms with Crippen molar-refractivity contribution >= 4 is 23.1 Å². The van der Waals surface area contributed by atoms with E-state index in [1.165, 1.54) is 27.0 Å². The van der Waals surface area contributed by atoms with E-state index >= 15 is 0 Å². The first-order chi connectivity index (χ1) is 12.6. The Morgan fingerprint density at radius 2 is 1.77 bits per heavy atom. The van der Waals surface area contributed by atoms with Crippen molar-refractivity contribution in [3.05, 3.63) is 59.2 Å². The topological polar surface area (TPSA) is 12.5 Å². The lowest BCUT2D eigenvalue weighted by atomic mass is 10.0. The van der Waals surface area contributed by atoms with E-state index in [4.69, 9.17) is 4.74 Å². The molecule has 26 heavy (non-hydrogen) atoms. The van der Waals surface area contributed by atoms with Crippen molar-refractivity contribution in [3.63, 3.8) is 0 Å². The van der Waals surface area contributed by atoms with Crippen molar-refractivity contribution < 1.29 is 9.13 Å². The number of thiophene rings is 1. The highest BCUT2D eigenvalue weighted by Crippen LogP contribution is 2.51. The molecular weight excluding hydrogens is 365 g/mol. The minimum atomic E-state index is -0.196. The molecule has 0 amide bonds. The molecule has 1 aliphatic rings. The third-order valence-electron chi connectivity index (χ3n) is 4.29. The van der Waals surface area contributed by atoms with Gasteiger partial charge in [-0.1, -0.05) is 30.0 Å². The first-order valence-corrected chi connectivity index (χ1v) is 10.2. The minimum Gasteiger partial charge on any atom is -0.375 e. The van der Waals surface area contributed by atoms with E-state index in [-0.39, 0.29) is 5.82 Å². The molecule has 0 saturated carbocycles. The molecule has 0 aliphatic carbocycles. The summed E-state index contributed by atoms with van der Waals surface area (Å²) >= 11 is 3.41. The van der Waals surface area contributed by atoms with Crippen LogP contribution in [0.2, 0.25) is 0 Å². The largest absolute Gasteiger partial charge is 0.375 e. The maximum Gasteiger partial charge on any atom is 0.123 e. The van der Waals surface area contributed by atoms with Crippen LogP contribution in [0, 0.1) is 5.82 Å². The molecule has 0 bridgehead atoms. The van der Waals surface area contributed by atoms with E-state index in [9.17, 15) is 4.39 Å². The maximum atomic E-state index is 13.9. The Balaban J connectivity index is 1.73. The zero-order valence-electron chi connectivity index (χ0n) is 14.8. The fourth-order valence-electron chi connectivity index (χ4n) is 3.00. The molecule has 134 valence electrons. The number of rotatable bonds is 5. The second-order valence-corrected chi connectivity index (χ2v) is 8.77. The quantitative estimate of drug-likeness (QED) is 0.405. The lowest BCUT2D eigenvalue weighted by molar-refractivity contribution is 0.107. The smallest absolute Gasteiger partial charge is 0.123 e. The van der Waals surface area contributed by atoms with E-state index in [0.717, 1.165) is 21.9 Å². The summed E-state index contributed by atoms with van der Waals surface area (Å²) in [6.45, 7) is 2.19. The van der Waals surface area contributed by atoms with Crippen molar-refractivity contribution in [1.82, 2.24) is 4.90 Å². The predicted molar refractivity (Wildman–Crippen MR) is 107 cm³/mol. The van der Waals surface area contributed by atoms with Gasteiger partial charge >= 0.3 is 0 Å². The Kier molecular flexibility index (Phi) is 5.14. The van der Waals surface area contributed by atoms with Gasteiger partial charge in [-0.3, -0.25) is 0 Å². The third-order valence-corrected chi connectivity index (χ3v) is 6.59. The van der Waals surface area contributed by atoms with Gasteiger partial charge in [0.15, 0.2) is 0 Å². The van der Waals surface area contributed by atoms with Crippen molar-refractivity contribution in [2.75, 3.05) is 27.2 Å². The monoisotopic (exact) mass is 385 g/mol. The number of likely N-dealkylation sites (N-methyl/N-ethyl adjacent to an activating group) is 1. The van der Waals surface area contributed by atoms with Gasteiger partial charge in [0.1, 0.15) is 5.82 Å². The molecule has 1 aromatic heterocycles. The van der Waals surface area contributed by atoms with E-state index in [1.807, 2.05) is 20.2 Å². The lowest BCUT2D eigenvalue weighted by Gasteiger charge is -2.09. The number of ether oxygens (including phenoxy) is 1. The van der Waals surface area contributed by atoms with Crippen LogP contribution in [-0.4, -0.2) is 32.1 Å². The van der Waals surface area contributed by atoms with Crippen LogP contribution in [0.4, 0.5) is 4.39 Å². The molecule has 0 radical (unpaired) electrons. The number of fused-ring (bicyclic) bond motifs is 5. The van der Waals surface area contributed by atoms with Crippen LogP contribution in [0.3, 0.4) is 0 Å². The third kappa shape index (κ3) is 3.58. The fraction of sp³-hybridized carbons (Fsp3) is 0.238. The van der Waals surface area contributed by atoms with Gasteiger partial charge in [0.25, 0.3) is 0 Å². The lowest BCUT2D eigenvalue weighted by Crippen LogP contribution is -2.17. The molecule has 0 spiro atoms. The molecule has 2 heterocycles. The average molecular weight is 386 g/mol. The molecular formula is C21H20FNOS2. The van der Waals surface area contributed by atoms with Crippen molar-refractivity contribution in [3.8, 4) is 21.6 Å². The Bertz CT molecular complexity index is 936. The SMILES string of the molecule is CN(C)CCOCc1cc2c(s1)-c1cc(F)ccc1Sc1ccccc1-2. The molecule has 0 atom stereocenters. The van der Waals surface area contributed by atoms with Gasteiger partial charge in [-0.2, -0.15) is 0 Å². The van der Waals surface area contributed by atoms with E-state index in [0.29, 0.717) is 13.2 Å². The summed E-state index contributed by atoms with van der Waals surface area (Å²) in [5, 5.41) is 0. The van der Waals surface area contributed by atoms with Crippen LogP contribution in [0.5, 0.6) is 0 Å². The van der Waals surface area contributed by atoms with Gasteiger partial charge in [0.05, 0.1) is 13.2 Å². The predicted octanol–water partition coefficient (Wildman–Crippen LogP) is 5.76. The average Bonchev–Trinajstić information content (AvgIpc) is 2.99. The van der Waals surface area contributed by atoms with Gasteiger partial charge in [0, 0.05) is 37.2 Å². The Labute approximate surface area is 161 Å². The zero-order chi connectivity index (χ0) is 18.1. The summed E-state index contributed by atoms with van der Waals surface area (Å²) < 4.78 is 19.8. The van der Waals surface area contributed by atoms with Crippen LogP contribution >= 0.6 is 23.1 Å². The normalized spacial score (nSPS) is 12.5. The Morgan fingerprint density at radius 1 is 0.962 bits per heavy atom. The Hall–Kier alpha value is -1.66. The van der Waals surface area contributed by atoms with Crippen LogP contribution in [-0.2, 0) is 11.3 Å². The molecule has 4 rings (SSSR count). The van der Waals surface area contributed by atoms with Crippen LogP contribution in [0.1, 0.15) is 4.88 Å².